The number of nitrogens with one attached hydrogen (secondary N) is 1. The highest BCUT2D eigenvalue weighted by Gasteiger charge is 2.40. The van der Waals surface area contributed by atoms with Crippen LogP contribution in [0.15, 0.2) is 24.4 Å². The van der Waals surface area contributed by atoms with Gasteiger partial charge >= 0.3 is 0 Å². The Bertz CT molecular complexity index is 380. The summed E-state index contributed by atoms with van der Waals surface area (Å²) in [6, 6.07) is 2.77. The van der Waals surface area contributed by atoms with Crippen LogP contribution < -0.4 is 5.32 Å². The number of hydrogen-bond acceptors (Lipinski definition) is 2. The Morgan fingerprint density at radius 2 is 2.53 bits per heavy atom. The fourth-order valence-corrected chi connectivity index (χ4v) is 2.76. The summed E-state index contributed by atoms with van der Waals surface area (Å²) >= 11 is 0. The number of rotatable bonds is 3. The fourth-order valence-electron chi connectivity index (χ4n) is 2.76. The zero-order chi connectivity index (χ0) is 10.3. The third-order valence-corrected chi connectivity index (χ3v) is 3.83. The summed E-state index contributed by atoms with van der Waals surface area (Å²) in [6.45, 7) is 0.943. The van der Waals surface area contributed by atoms with Gasteiger partial charge in [-0.1, -0.05) is 12.2 Å². The molecule has 0 saturated heterocycles. The molecule has 1 aromatic rings. The topological polar surface area (TPSA) is 29.9 Å². The molecule has 1 N–H and O–H groups in total. The van der Waals surface area contributed by atoms with Crippen LogP contribution in [-0.2, 0) is 13.6 Å². The van der Waals surface area contributed by atoms with Crippen molar-refractivity contribution >= 4 is 0 Å². The summed E-state index contributed by atoms with van der Waals surface area (Å²) in [7, 11) is 2.00. The van der Waals surface area contributed by atoms with Crippen molar-refractivity contribution in [2.24, 2.45) is 18.9 Å². The maximum Gasteiger partial charge on any atom is 0.0518 e. The van der Waals surface area contributed by atoms with Crippen LogP contribution in [0.2, 0.25) is 0 Å². The van der Waals surface area contributed by atoms with Crippen molar-refractivity contribution < 1.29 is 0 Å². The van der Waals surface area contributed by atoms with Crippen LogP contribution in [0.4, 0.5) is 0 Å². The molecule has 2 aliphatic rings. The lowest BCUT2D eigenvalue weighted by Gasteiger charge is -2.40. The Labute approximate surface area is 90.2 Å². The molecule has 1 aromatic heterocycles. The van der Waals surface area contributed by atoms with E-state index >= 15 is 0 Å². The predicted octanol–water partition coefficient (Wildman–Crippen LogP) is 1.47. The number of aromatic nitrogens is 2. The number of hydrogen-bond donors (Lipinski definition) is 1. The minimum atomic E-state index is 0.698. The Kier molecular flexibility index (Phi) is 2.13. The van der Waals surface area contributed by atoms with E-state index in [0.29, 0.717) is 6.04 Å². The van der Waals surface area contributed by atoms with Gasteiger partial charge in [0.25, 0.3) is 0 Å². The van der Waals surface area contributed by atoms with Crippen LogP contribution in [0.25, 0.3) is 0 Å². The molecule has 0 radical (unpaired) electrons. The normalized spacial score (nSPS) is 32.7. The number of nitrogens with zero attached hydrogens (tertiary/aromatic N) is 2. The Hall–Kier alpha value is -1.09. The lowest BCUT2D eigenvalue weighted by molar-refractivity contribution is 0.161. The second kappa shape index (κ2) is 3.49. The molecule has 3 nitrogen and oxygen atoms in total. The molecule has 1 saturated carbocycles. The molecule has 3 atom stereocenters. The third kappa shape index (κ3) is 1.51. The quantitative estimate of drug-likeness (QED) is 0.754. The van der Waals surface area contributed by atoms with Gasteiger partial charge in [-0.15, -0.1) is 0 Å². The number of allylic oxidation sites excluding steroid dienone is 1. The minimum absolute atomic E-state index is 0.698. The minimum Gasteiger partial charge on any atom is -0.308 e. The smallest absolute Gasteiger partial charge is 0.0518 e. The Morgan fingerprint density at radius 3 is 3.27 bits per heavy atom. The van der Waals surface area contributed by atoms with E-state index in [-0.39, 0.29) is 0 Å². The molecule has 0 aromatic carbocycles. The van der Waals surface area contributed by atoms with Crippen molar-refractivity contribution in [1.29, 1.82) is 0 Å². The molecule has 0 spiro atoms. The molecule has 2 aliphatic carbocycles. The Morgan fingerprint density at radius 1 is 1.60 bits per heavy atom. The molecule has 1 fully saturated rings. The molecule has 80 valence electrons. The maximum absolute atomic E-state index is 4.17. The first kappa shape index (κ1) is 9.16. The van der Waals surface area contributed by atoms with E-state index < -0.39 is 0 Å². The van der Waals surface area contributed by atoms with Crippen LogP contribution in [-0.4, -0.2) is 15.8 Å². The van der Waals surface area contributed by atoms with Gasteiger partial charge in [0.15, 0.2) is 0 Å². The highest BCUT2D eigenvalue weighted by molar-refractivity contribution is 5.13. The van der Waals surface area contributed by atoms with Crippen LogP contribution in [0, 0.1) is 11.8 Å². The zero-order valence-corrected chi connectivity index (χ0v) is 9.06. The summed E-state index contributed by atoms with van der Waals surface area (Å²) < 4.78 is 1.94. The highest BCUT2D eigenvalue weighted by Crippen LogP contribution is 2.42. The van der Waals surface area contributed by atoms with Gasteiger partial charge in [0.2, 0.25) is 0 Å². The first-order chi connectivity index (χ1) is 7.34. The van der Waals surface area contributed by atoms with Crippen LogP contribution in [0.1, 0.15) is 18.5 Å². The molecule has 3 unspecified atom stereocenters. The average molecular weight is 203 g/mol. The van der Waals surface area contributed by atoms with Gasteiger partial charge in [0, 0.05) is 25.8 Å². The monoisotopic (exact) mass is 203 g/mol. The number of aryl methyl sites for hydroxylation is 1. The summed E-state index contributed by atoms with van der Waals surface area (Å²) in [4.78, 5) is 0. The zero-order valence-electron chi connectivity index (χ0n) is 9.06. The molecule has 1 heterocycles. The van der Waals surface area contributed by atoms with Crippen molar-refractivity contribution in [3.8, 4) is 0 Å². The van der Waals surface area contributed by atoms with Gasteiger partial charge in [-0.3, -0.25) is 4.68 Å². The van der Waals surface area contributed by atoms with Gasteiger partial charge in [-0.05, 0) is 30.7 Å². The summed E-state index contributed by atoms with van der Waals surface area (Å²) in [6.07, 6.45) is 9.22. The van der Waals surface area contributed by atoms with Gasteiger partial charge in [-0.2, -0.15) is 5.10 Å². The molecular weight excluding hydrogens is 186 g/mol. The van der Waals surface area contributed by atoms with E-state index in [0.717, 1.165) is 18.4 Å². The summed E-state index contributed by atoms with van der Waals surface area (Å²) in [5, 5.41) is 7.79. The second-order valence-corrected chi connectivity index (χ2v) is 4.67. The highest BCUT2D eigenvalue weighted by atomic mass is 15.3. The van der Waals surface area contributed by atoms with Crippen molar-refractivity contribution in [2.75, 3.05) is 0 Å². The molecule has 0 bridgehead atoms. The van der Waals surface area contributed by atoms with Crippen molar-refractivity contribution in [1.82, 2.24) is 15.1 Å². The van der Waals surface area contributed by atoms with Crippen LogP contribution >= 0.6 is 0 Å². The largest absolute Gasteiger partial charge is 0.308 e. The first-order valence-corrected chi connectivity index (χ1v) is 5.71. The number of fused-ring (bicyclic) bond motifs is 1. The van der Waals surface area contributed by atoms with E-state index in [1.165, 1.54) is 18.5 Å². The third-order valence-electron chi connectivity index (χ3n) is 3.83. The molecule has 3 heteroatoms. The van der Waals surface area contributed by atoms with E-state index in [1.54, 1.807) is 0 Å². The van der Waals surface area contributed by atoms with Gasteiger partial charge < -0.3 is 5.32 Å². The SMILES string of the molecule is Cn1nccc1CNC1CC2CC=CC21. The van der Waals surface area contributed by atoms with Gasteiger partial charge in [0.05, 0.1) is 5.69 Å². The first-order valence-electron chi connectivity index (χ1n) is 5.71. The molecule has 0 aliphatic heterocycles. The van der Waals surface area contributed by atoms with E-state index in [4.69, 9.17) is 0 Å². The molecular formula is C12H17N3. The summed E-state index contributed by atoms with van der Waals surface area (Å²) in [5.74, 6) is 1.74. The standard InChI is InChI=1S/C12H17N3/c1-15-10(5-6-14-15)8-13-12-7-9-3-2-4-11(9)12/h2,4-6,9,11-13H,3,7-8H2,1H3. The predicted molar refractivity (Wildman–Crippen MR) is 59.2 cm³/mol. The van der Waals surface area contributed by atoms with E-state index in [9.17, 15) is 0 Å². The lowest BCUT2D eigenvalue weighted by Crippen LogP contribution is -2.47. The van der Waals surface area contributed by atoms with Gasteiger partial charge in [0.1, 0.15) is 0 Å². The lowest BCUT2D eigenvalue weighted by atomic mass is 9.71. The molecule has 15 heavy (non-hydrogen) atoms. The maximum atomic E-state index is 4.17. The van der Waals surface area contributed by atoms with Crippen molar-refractivity contribution in [3.63, 3.8) is 0 Å². The van der Waals surface area contributed by atoms with E-state index in [1.807, 2.05) is 17.9 Å². The van der Waals surface area contributed by atoms with Crippen molar-refractivity contribution in [3.05, 3.63) is 30.1 Å². The van der Waals surface area contributed by atoms with Crippen LogP contribution in [0.3, 0.4) is 0 Å². The van der Waals surface area contributed by atoms with Crippen LogP contribution in [0.5, 0.6) is 0 Å². The second-order valence-electron chi connectivity index (χ2n) is 4.67. The molecule has 3 rings (SSSR count). The van der Waals surface area contributed by atoms with Gasteiger partial charge in [-0.25, -0.2) is 0 Å². The fraction of sp³-hybridized carbons (Fsp3) is 0.583. The Balaban J connectivity index is 1.55. The molecule has 0 amide bonds. The summed E-state index contributed by atoms with van der Waals surface area (Å²) in [5.41, 5.74) is 1.26. The average Bonchev–Trinajstić information content (AvgIpc) is 2.75. The van der Waals surface area contributed by atoms with E-state index in [2.05, 4.69) is 28.6 Å². The van der Waals surface area contributed by atoms with Crippen molar-refractivity contribution in [2.45, 2.75) is 25.4 Å².